The van der Waals surface area contributed by atoms with Crippen LogP contribution in [-0.4, -0.2) is 33.2 Å². The van der Waals surface area contributed by atoms with Crippen LogP contribution in [0.4, 0.5) is 5.82 Å². The molecule has 0 radical (unpaired) electrons. The van der Waals surface area contributed by atoms with E-state index in [1.165, 1.54) is 0 Å². The number of rotatable bonds is 5. The van der Waals surface area contributed by atoms with E-state index in [-0.39, 0.29) is 0 Å². The molecule has 2 N–H and O–H groups in total. The third-order valence-electron chi connectivity index (χ3n) is 2.95. The fraction of sp³-hybridized carbons (Fsp3) is 0.143. The van der Waals surface area contributed by atoms with Crippen molar-refractivity contribution in [2.45, 2.75) is 6.92 Å². The number of fused-ring (bicyclic) bond motifs is 1. The Labute approximate surface area is 120 Å². The number of H-pyrrole nitrogens is 1. The third-order valence-corrected chi connectivity index (χ3v) is 2.95. The molecule has 7 heteroatoms. The van der Waals surface area contributed by atoms with Crippen LogP contribution >= 0.6 is 0 Å². The number of pyridine rings is 2. The van der Waals surface area contributed by atoms with Gasteiger partial charge in [0.2, 0.25) is 12.3 Å². The molecule has 106 valence electrons. The molecule has 0 unspecified atom stereocenters. The molecular weight excluding hydrogens is 270 g/mol. The molecule has 7 nitrogen and oxygen atoms in total. The highest BCUT2D eigenvalue weighted by Crippen LogP contribution is 2.31. The summed E-state index contributed by atoms with van der Waals surface area (Å²) in [5, 5.41) is 10.4. The Balaban J connectivity index is 2.11. The molecule has 1 amide bonds. The molecule has 0 atom stereocenters. The summed E-state index contributed by atoms with van der Waals surface area (Å²) in [5.41, 5.74) is 2.12. The maximum Gasteiger partial charge on any atom is 0.222 e. The lowest BCUT2D eigenvalue weighted by Crippen LogP contribution is -1.97. The zero-order valence-corrected chi connectivity index (χ0v) is 11.3. The summed E-state index contributed by atoms with van der Waals surface area (Å²) in [5.74, 6) is 0.993. The number of carbonyl (C=O) groups excluding carboxylic acids is 1. The minimum atomic E-state index is 0.451. The van der Waals surface area contributed by atoms with Crippen molar-refractivity contribution in [1.82, 2.24) is 20.2 Å². The van der Waals surface area contributed by atoms with Crippen molar-refractivity contribution >= 4 is 23.3 Å². The molecule has 3 rings (SSSR count). The molecule has 3 aromatic heterocycles. The number of ether oxygens (including phenoxy) is 1. The van der Waals surface area contributed by atoms with Crippen molar-refractivity contribution in [1.29, 1.82) is 0 Å². The number of aromatic amines is 1. The van der Waals surface area contributed by atoms with E-state index in [4.69, 9.17) is 4.74 Å². The summed E-state index contributed by atoms with van der Waals surface area (Å²) in [6, 6.07) is 7.30. The summed E-state index contributed by atoms with van der Waals surface area (Å²) in [6.07, 6.45) is 2.26. The summed E-state index contributed by atoms with van der Waals surface area (Å²) in [6.45, 7) is 2.43. The predicted molar refractivity (Wildman–Crippen MR) is 78.0 cm³/mol. The van der Waals surface area contributed by atoms with Gasteiger partial charge in [-0.3, -0.25) is 9.89 Å². The predicted octanol–water partition coefficient (Wildman–Crippen LogP) is 1.99. The van der Waals surface area contributed by atoms with Crippen LogP contribution in [0.1, 0.15) is 6.92 Å². The molecule has 0 fully saturated rings. The number of nitrogens with one attached hydrogen (secondary N) is 2. The van der Waals surface area contributed by atoms with E-state index >= 15 is 0 Å². The van der Waals surface area contributed by atoms with E-state index in [1.807, 2.05) is 25.1 Å². The van der Waals surface area contributed by atoms with Gasteiger partial charge in [0.1, 0.15) is 5.82 Å². The van der Waals surface area contributed by atoms with E-state index < -0.39 is 0 Å². The Hall–Kier alpha value is -2.96. The van der Waals surface area contributed by atoms with Crippen molar-refractivity contribution in [2.24, 2.45) is 0 Å². The average molecular weight is 283 g/mol. The normalized spacial score (nSPS) is 10.5. The maximum absolute atomic E-state index is 10.4. The van der Waals surface area contributed by atoms with Crippen molar-refractivity contribution in [3.8, 4) is 17.1 Å². The van der Waals surface area contributed by atoms with Gasteiger partial charge in [0.25, 0.3) is 0 Å². The molecule has 0 saturated carbocycles. The van der Waals surface area contributed by atoms with Gasteiger partial charge in [0, 0.05) is 11.6 Å². The van der Waals surface area contributed by atoms with Crippen LogP contribution in [0, 0.1) is 0 Å². The molecule has 0 aliphatic heterocycles. The number of hydrogen-bond acceptors (Lipinski definition) is 5. The molecule has 0 aromatic carbocycles. The Morgan fingerprint density at radius 3 is 3.10 bits per heavy atom. The van der Waals surface area contributed by atoms with E-state index in [9.17, 15) is 4.79 Å². The SMILES string of the molecule is CCOc1ncccc1-c1[nH]nc2nc(NC=O)ccc12. The second-order valence-electron chi connectivity index (χ2n) is 4.22. The third kappa shape index (κ3) is 2.40. The van der Waals surface area contributed by atoms with Crippen molar-refractivity contribution < 1.29 is 9.53 Å². The number of amides is 1. The van der Waals surface area contributed by atoms with Gasteiger partial charge in [-0.15, -0.1) is 0 Å². The molecule has 0 spiro atoms. The first kappa shape index (κ1) is 13.0. The number of anilines is 1. The molecule has 0 aliphatic carbocycles. The molecule has 0 aliphatic rings. The first-order valence-corrected chi connectivity index (χ1v) is 6.47. The highest BCUT2D eigenvalue weighted by molar-refractivity contribution is 5.93. The Morgan fingerprint density at radius 2 is 2.29 bits per heavy atom. The second-order valence-corrected chi connectivity index (χ2v) is 4.22. The zero-order chi connectivity index (χ0) is 14.7. The lowest BCUT2D eigenvalue weighted by atomic mass is 10.1. The first-order chi connectivity index (χ1) is 10.3. The minimum absolute atomic E-state index is 0.451. The van der Waals surface area contributed by atoms with E-state index in [0.29, 0.717) is 30.4 Å². The first-order valence-electron chi connectivity index (χ1n) is 6.47. The Kier molecular flexibility index (Phi) is 3.46. The van der Waals surface area contributed by atoms with Crippen LogP contribution in [0.3, 0.4) is 0 Å². The number of aromatic nitrogens is 4. The fourth-order valence-electron chi connectivity index (χ4n) is 2.08. The highest BCUT2D eigenvalue weighted by atomic mass is 16.5. The van der Waals surface area contributed by atoms with Crippen LogP contribution in [-0.2, 0) is 4.79 Å². The van der Waals surface area contributed by atoms with Gasteiger partial charge in [-0.05, 0) is 31.2 Å². The maximum atomic E-state index is 10.4. The minimum Gasteiger partial charge on any atom is -0.477 e. The van der Waals surface area contributed by atoms with E-state index in [1.54, 1.807) is 12.3 Å². The second kappa shape index (κ2) is 5.58. The van der Waals surface area contributed by atoms with Crippen LogP contribution in [0.5, 0.6) is 5.88 Å². The Bertz CT molecular complexity index is 784. The standard InChI is InChI=1S/C14H13N5O2/c1-2-21-14-10(4-3-7-15-14)12-9-5-6-11(16-8-20)17-13(9)19-18-12/h3-8H,2H2,1H3,(H2,16,17,18,19,20). The number of carbonyl (C=O) groups is 1. The van der Waals surface area contributed by atoms with Crippen LogP contribution in [0.15, 0.2) is 30.5 Å². The molecule has 21 heavy (non-hydrogen) atoms. The molecule has 3 aromatic rings. The van der Waals surface area contributed by atoms with Crippen molar-refractivity contribution in [3.63, 3.8) is 0 Å². The summed E-state index contributed by atoms with van der Waals surface area (Å²) < 4.78 is 5.53. The van der Waals surface area contributed by atoms with Gasteiger partial charge in [-0.1, -0.05) is 0 Å². The molecule has 0 bridgehead atoms. The van der Waals surface area contributed by atoms with E-state index in [0.717, 1.165) is 16.6 Å². The zero-order valence-electron chi connectivity index (χ0n) is 11.3. The van der Waals surface area contributed by atoms with E-state index in [2.05, 4.69) is 25.5 Å². The number of nitrogens with zero attached hydrogens (tertiary/aromatic N) is 3. The van der Waals surface area contributed by atoms with Crippen molar-refractivity contribution in [3.05, 3.63) is 30.5 Å². The number of hydrogen-bond donors (Lipinski definition) is 2. The summed E-state index contributed by atoms with van der Waals surface area (Å²) in [7, 11) is 0. The van der Waals surface area contributed by atoms with Crippen molar-refractivity contribution in [2.75, 3.05) is 11.9 Å². The summed E-state index contributed by atoms with van der Waals surface area (Å²) >= 11 is 0. The van der Waals surface area contributed by atoms with Gasteiger partial charge in [0.15, 0.2) is 5.65 Å². The fourth-order valence-corrected chi connectivity index (χ4v) is 2.08. The van der Waals surface area contributed by atoms with Gasteiger partial charge in [-0.25, -0.2) is 9.97 Å². The van der Waals surface area contributed by atoms with Crippen LogP contribution < -0.4 is 10.1 Å². The topological polar surface area (TPSA) is 92.8 Å². The van der Waals surface area contributed by atoms with Gasteiger partial charge < -0.3 is 10.1 Å². The lowest BCUT2D eigenvalue weighted by Gasteiger charge is -2.07. The molecular formula is C14H13N5O2. The average Bonchev–Trinajstić information content (AvgIpc) is 2.91. The van der Waals surface area contributed by atoms with Gasteiger partial charge >= 0.3 is 0 Å². The highest BCUT2D eigenvalue weighted by Gasteiger charge is 2.14. The van der Waals surface area contributed by atoms with Crippen LogP contribution in [0.25, 0.3) is 22.3 Å². The summed E-state index contributed by atoms with van der Waals surface area (Å²) in [4.78, 5) is 18.9. The largest absolute Gasteiger partial charge is 0.477 e. The van der Waals surface area contributed by atoms with Gasteiger partial charge in [-0.2, -0.15) is 5.10 Å². The molecule has 0 saturated heterocycles. The van der Waals surface area contributed by atoms with Gasteiger partial charge in [0.05, 0.1) is 17.9 Å². The smallest absolute Gasteiger partial charge is 0.222 e. The Morgan fingerprint density at radius 1 is 1.38 bits per heavy atom. The van der Waals surface area contributed by atoms with Crippen LogP contribution in [0.2, 0.25) is 0 Å². The quantitative estimate of drug-likeness (QED) is 0.698. The molecule has 3 heterocycles. The lowest BCUT2D eigenvalue weighted by molar-refractivity contribution is -0.105. The monoisotopic (exact) mass is 283 g/mol.